The molecule has 0 aliphatic heterocycles. The standard InChI is InChI=1S/C22H23BrClF2N3O7/c1-34-15-5-11-14(27-9-28-21(11)29-10-2-3-12(23)13(24)4-10)6-16(15)35-17(7-30)19(32)20(33)18(8-31)36-22(25)26/h2-6,9,17-20,22,30-33H,7-8H2,1H3,(H,27,28,29)/t17-,18-,19+,20+/m0/s1. The number of aliphatic hydroxyl groups excluding tert-OH is 4. The lowest BCUT2D eigenvalue weighted by atomic mass is 10.0. The molecule has 4 atom stereocenters. The molecule has 0 aliphatic carbocycles. The highest BCUT2D eigenvalue weighted by Crippen LogP contribution is 2.36. The van der Waals surface area contributed by atoms with Crippen LogP contribution in [0.4, 0.5) is 20.3 Å². The fourth-order valence-electron chi connectivity index (χ4n) is 3.31. The summed E-state index contributed by atoms with van der Waals surface area (Å²) in [4.78, 5) is 8.46. The highest BCUT2D eigenvalue weighted by molar-refractivity contribution is 9.10. The minimum absolute atomic E-state index is 0.0296. The van der Waals surface area contributed by atoms with Gasteiger partial charge in [-0.15, -0.1) is 0 Å². The van der Waals surface area contributed by atoms with E-state index in [2.05, 4.69) is 36.0 Å². The Labute approximate surface area is 217 Å². The van der Waals surface area contributed by atoms with Crippen molar-refractivity contribution in [1.29, 1.82) is 0 Å². The first-order valence-corrected chi connectivity index (χ1v) is 11.6. The van der Waals surface area contributed by atoms with Crippen molar-refractivity contribution in [1.82, 2.24) is 9.97 Å². The van der Waals surface area contributed by atoms with Crippen molar-refractivity contribution in [2.75, 3.05) is 25.6 Å². The summed E-state index contributed by atoms with van der Waals surface area (Å²) in [6, 6.07) is 8.26. The molecular weight excluding hydrogens is 572 g/mol. The second kappa shape index (κ2) is 12.7. The number of hydrogen-bond acceptors (Lipinski definition) is 10. The van der Waals surface area contributed by atoms with Crippen LogP contribution in [0, 0.1) is 0 Å². The fraction of sp³-hybridized carbons (Fsp3) is 0.364. The summed E-state index contributed by atoms with van der Waals surface area (Å²) < 4.78 is 40.9. The van der Waals surface area contributed by atoms with Gasteiger partial charge in [0.2, 0.25) is 0 Å². The normalized spacial score (nSPS) is 14.9. The van der Waals surface area contributed by atoms with Gasteiger partial charge < -0.3 is 40.0 Å². The van der Waals surface area contributed by atoms with E-state index >= 15 is 0 Å². The van der Waals surface area contributed by atoms with Gasteiger partial charge in [-0.1, -0.05) is 11.6 Å². The lowest BCUT2D eigenvalue weighted by molar-refractivity contribution is -0.216. The lowest BCUT2D eigenvalue weighted by Crippen LogP contribution is -2.50. The first-order valence-electron chi connectivity index (χ1n) is 10.4. The molecule has 10 nitrogen and oxygen atoms in total. The van der Waals surface area contributed by atoms with Crippen LogP contribution in [0.15, 0.2) is 41.1 Å². The maximum atomic E-state index is 12.5. The molecule has 14 heteroatoms. The molecule has 0 saturated heterocycles. The van der Waals surface area contributed by atoms with Crippen LogP contribution in [0.2, 0.25) is 5.02 Å². The summed E-state index contributed by atoms with van der Waals surface area (Å²) in [5, 5.41) is 43.7. The Bertz CT molecular complexity index is 1180. The number of fused-ring (bicyclic) bond motifs is 1. The molecule has 0 aliphatic rings. The summed E-state index contributed by atoms with van der Waals surface area (Å²) in [6.07, 6.45) is -5.91. The summed E-state index contributed by atoms with van der Waals surface area (Å²) in [5.74, 6) is 0.617. The minimum atomic E-state index is -3.30. The number of benzene rings is 2. The molecule has 0 saturated carbocycles. The summed E-state index contributed by atoms with van der Waals surface area (Å²) in [6.45, 7) is -5.11. The first-order chi connectivity index (χ1) is 17.2. The predicted octanol–water partition coefficient (Wildman–Crippen LogP) is 2.86. The van der Waals surface area contributed by atoms with Crippen LogP contribution in [0.3, 0.4) is 0 Å². The number of hydrogen-bond donors (Lipinski definition) is 5. The zero-order chi connectivity index (χ0) is 26.4. The molecule has 0 unspecified atom stereocenters. The summed E-state index contributed by atoms with van der Waals surface area (Å²) in [7, 11) is 1.36. The van der Waals surface area contributed by atoms with Gasteiger partial charge in [-0.2, -0.15) is 8.78 Å². The van der Waals surface area contributed by atoms with E-state index in [1.807, 2.05) is 0 Å². The fourth-order valence-corrected chi connectivity index (χ4v) is 3.73. The Morgan fingerprint density at radius 3 is 2.33 bits per heavy atom. The first kappa shape index (κ1) is 28.2. The van der Waals surface area contributed by atoms with Gasteiger partial charge in [-0.25, -0.2) is 9.97 Å². The van der Waals surface area contributed by atoms with Crippen molar-refractivity contribution in [3.63, 3.8) is 0 Å². The third kappa shape index (κ3) is 6.68. The molecule has 1 heterocycles. The maximum Gasteiger partial charge on any atom is 0.345 e. The third-order valence-electron chi connectivity index (χ3n) is 5.13. The molecule has 3 rings (SSSR count). The number of halogens is 4. The number of alkyl halides is 2. The quantitative estimate of drug-likeness (QED) is 0.212. The van der Waals surface area contributed by atoms with Gasteiger partial charge >= 0.3 is 6.61 Å². The molecule has 36 heavy (non-hydrogen) atoms. The number of nitrogens with one attached hydrogen (secondary N) is 1. The minimum Gasteiger partial charge on any atom is -0.493 e. The van der Waals surface area contributed by atoms with Crippen molar-refractivity contribution in [2.45, 2.75) is 31.0 Å². The lowest BCUT2D eigenvalue weighted by Gasteiger charge is -2.30. The topological polar surface area (TPSA) is 146 Å². The van der Waals surface area contributed by atoms with Crippen LogP contribution >= 0.6 is 27.5 Å². The van der Waals surface area contributed by atoms with Crippen LogP contribution < -0.4 is 14.8 Å². The molecule has 0 bridgehead atoms. The molecule has 196 valence electrons. The SMILES string of the molecule is COc1cc2c(Nc3ccc(Br)c(Cl)c3)ncnc2cc1O[C@@H](CO)[C@@H](O)[C@H](O)[C@H](CO)OC(F)F. The Morgan fingerprint density at radius 2 is 1.72 bits per heavy atom. The molecular formula is C22H23BrClF2N3O7. The van der Waals surface area contributed by atoms with Crippen molar-refractivity contribution in [2.24, 2.45) is 0 Å². The number of rotatable bonds is 12. The van der Waals surface area contributed by atoms with E-state index in [-0.39, 0.29) is 11.5 Å². The average molecular weight is 595 g/mol. The Morgan fingerprint density at radius 1 is 1.03 bits per heavy atom. The molecule has 0 radical (unpaired) electrons. The number of nitrogens with zero attached hydrogens (tertiary/aromatic N) is 2. The van der Waals surface area contributed by atoms with E-state index < -0.39 is 44.2 Å². The monoisotopic (exact) mass is 593 g/mol. The Balaban J connectivity index is 1.89. The van der Waals surface area contributed by atoms with Crippen molar-refractivity contribution in [3.8, 4) is 11.5 Å². The van der Waals surface area contributed by atoms with Crippen molar-refractivity contribution < 1.29 is 43.4 Å². The number of anilines is 2. The molecule has 3 aromatic rings. The zero-order valence-electron chi connectivity index (χ0n) is 18.7. The van der Waals surface area contributed by atoms with Crippen LogP contribution in [-0.4, -0.2) is 81.7 Å². The van der Waals surface area contributed by atoms with Gasteiger partial charge in [0.1, 0.15) is 30.5 Å². The van der Waals surface area contributed by atoms with E-state index in [0.717, 1.165) is 4.47 Å². The van der Waals surface area contributed by atoms with Gasteiger partial charge in [0.05, 0.1) is 30.9 Å². The predicted molar refractivity (Wildman–Crippen MR) is 130 cm³/mol. The van der Waals surface area contributed by atoms with Gasteiger partial charge in [-0.3, -0.25) is 0 Å². The van der Waals surface area contributed by atoms with Crippen LogP contribution in [0.1, 0.15) is 0 Å². The van der Waals surface area contributed by atoms with E-state index in [1.54, 1.807) is 24.3 Å². The van der Waals surface area contributed by atoms with Crippen molar-refractivity contribution >= 4 is 49.9 Å². The van der Waals surface area contributed by atoms with Crippen LogP contribution in [-0.2, 0) is 4.74 Å². The van der Waals surface area contributed by atoms with E-state index in [0.29, 0.717) is 27.4 Å². The molecule has 0 fully saturated rings. The van der Waals surface area contributed by atoms with Gasteiger partial charge in [0.25, 0.3) is 0 Å². The molecule has 0 amide bonds. The molecule has 2 aromatic carbocycles. The third-order valence-corrected chi connectivity index (χ3v) is 6.36. The second-order valence-electron chi connectivity index (χ2n) is 7.43. The average Bonchev–Trinajstić information content (AvgIpc) is 2.86. The van der Waals surface area contributed by atoms with E-state index in [1.165, 1.54) is 19.5 Å². The number of methoxy groups -OCH3 is 1. The van der Waals surface area contributed by atoms with E-state index in [4.69, 9.17) is 21.1 Å². The number of aromatic nitrogens is 2. The molecule has 0 spiro atoms. The summed E-state index contributed by atoms with van der Waals surface area (Å²) >= 11 is 9.48. The Kier molecular flexibility index (Phi) is 9.96. The highest BCUT2D eigenvalue weighted by atomic mass is 79.9. The molecule has 1 aromatic heterocycles. The van der Waals surface area contributed by atoms with Crippen molar-refractivity contribution in [3.05, 3.63) is 46.2 Å². The smallest absolute Gasteiger partial charge is 0.345 e. The zero-order valence-corrected chi connectivity index (χ0v) is 21.0. The van der Waals surface area contributed by atoms with Crippen LogP contribution in [0.5, 0.6) is 11.5 Å². The van der Waals surface area contributed by atoms with Crippen LogP contribution in [0.25, 0.3) is 10.9 Å². The second-order valence-corrected chi connectivity index (χ2v) is 8.70. The number of ether oxygens (including phenoxy) is 3. The van der Waals surface area contributed by atoms with Gasteiger partial charge in [-0.05, 0) is 40.2 Å². The Hall–Kier alpha value is -2.39. The van der Waals surface area contributed by atoms with Gasteiger partial charge in [0.15, 0.2) is 17.6 Å². The maximum absolute atomic E-state index is 12.5. The highest BCUT2D eigenvalue weighted by Gasteiger charge is 2.35. The van der Waals surface area contributed by atoms with Gasteiger partial charge in [0, 0.05) is 21.6 Å². The summed E-state index contributed by atoms with van der Waals surface area (Å²) in [5.41, 5.74) is 1.05. The molecule has 5 N–H and O–H groups in total. The van der Waals surface area contributed by atoms with E-state index in [9.17, 15) is 29.2 Å². The number of aliphatic hydroxyl groups is 4. The largest absolute Gasteiger partial charge is 0.493 e.